The Morgan fingerprint density at radius 3 is 2.81 bits per heavy atom. The van der Waals surface area contributed by atoms with Crippen LogP contribution in [0.15, 0.2) is 64.7 Å². The number of methoxy groups -OCH3 is 1. The summed E-state index contributed by atoms with van der Waals surface area (Å²) in [7, 11) is 1.63. The Morgan fingerprint density at radius 2 is 2.03 bits per heavy atom. The number of ether oxygens (including phenoxy) is 2. The molecule has 0 unspecified atom stereocenters. The van der Waals surface area contributed by atoms with Gasteiger partial charge in [-0.05, 0) is 36.2 Å². The fourth-order valence-corrected chi connectivity index (χ4v) is 4.36. The maximum absolute atomic E-state index is 13.0. The van der Waals surface area contributed by atoms with Crippen LogP contribution in [-0.2, 0) is 4.79 Å². The summed E-state index contributed by atoms with van der Waals surface area (Å²) in [6.07, 6.45) is 5.15. The van der Waals surface area contributed by atoms with Gasteiger partial charge in [0.05, 0.1) is 18.9 Å². The van der Waals surface area contributed by atoms with Crippen LogP contribution in [0.4, 0.5) is 0 Å². The lowest BCUT2D eigenvalue weighted by Gasteiger charge is -2.32. The third kappa shape index (κ3) is 2.75. The quantitative estimate of drug-likeness (QED) is 0.502. The lowest BCUT2D eigenvalue weighted by atomic mass is 9.78. The molecule has 3 aromatic heterocycles. The first-order valence-electron chi connectivity index (χ1n) is 10.1. The van der Waals surface area contributed by atoms with Crippen LogP contribution >= 0.6 is 0 Å². The molecule has 0 fully saturated rings. The zero-order valence-electron chi connectivity index (χ0n) is 16.7. The minimum atomic E-state index is -0.345. The molecule has 6 rings (SSSR count). The first kappa shape index (κ1) is 17.9. The Balaban J connectivity index is 1.60. The average molecular weight is 414 g/mol. The van der Waals surface area contributed by atoms with E-state index in [9.17, 15) is 4.79 Å². The minimum absolute atomic E-state index is 0.0977. The molecular formula is C23H18N4O4. The topological polar surface area (TPSA) is 91.8 Å². The Morgan fingerprint density at radius 1 is 1.16 bits per heavy atom. The van der Waals surface area contributed by atoms with E-state index in [1.54, 1.807) is 36.3 Å². The van der Waals surface area contributed by atoms with Crippen LogP contribution in [-0.4, -0.2) is 32.5 Å². The van der Waals surface area contributed by atoms with E-state index in [1.807, 2.05) is 24.3 Å². The van der Waals surface area contributed by atoms with E-state index >= 15 is 0 Å². The molecule has 4 aromatic rings. The van der Waals surface area contributed by atoms with Crippen molar-refractivity contribution in [1.29, 1.82) is 0 Å². The standard InChI is InChI=1S/C23H18N4O4/c1-29-14-9-7-13(8-10-14)18-19-15(28)4-2-5-16(19)31-23-20(18)22-25-21(17-6-3-11-30-17)26-27(22)12-24-23/h3,6-12,18H,2,4-5H2,1H3/t18-/m1/s1. The number of hydrogen-bond acceptors (Lipinski definition) is 7. The molecule has 1 aliphatic carbocycles. The highest BCUT2D eigenvalue weighted by Gasteiger charge is 2.39. The Bertz CT molecular complexity index is 1340. The third-order valence-electron chi connectivity index (χ3n) is 5.78. The molecule has 2 aliphatic rings. The summed E-state index contributed by atoms with van der Waals surface area (Å²) in [6.45, 7) is 0. The minimum Gasteiger partial charge on any atom is -0.497 e. The van der Waals surface area contributed by atoms with Crippen LogP contribution in [0.5, 0.6) is 11.6 Å². The number of benzene rings is 1. The van der Waals surface area contributed by atoms with Crippen molar-refractivity contribution in [3.63, 3.8) is 0 Å². The van der Waals surface area contributed by atoms with E-state index in [0.29, 0.717) is 47.3 Å². The second kappa shape index (κ2) is 6.80. The van der Waals surface area contributed by atoms with Gasteiger partial charge in [0, 0.05) is 24.3 Å². The summed E-state index contributed by atoms with van der Waals surface area (Å²) >= 11 is 0. The largest absolute Gasteiger partial charge is 0.497 e. The van der Waals surface area contributed by atoms with Gasteiger partial charge in [0.15, 0.2) is 17.2 Å². The molecule has 31 heavy (non-hydrogen) atoms. The van der Waals surface area contributed by atoms with E-state index in [2.05, 4.69) is 10.1 Å². The highest BCUT2D eigenvalue weighted by Crippen LogP contribution is 2.47. The van der Waals surface area contributed by atoms with Crippen molar-refractivity contribution in [1.82, 2.24) is 19.6 Å². The van der Waals surface area contributed by atoms with Crippen LogP contribution in [0.1, 0.15) is 36.3 Å². The summed E-state index contributed by atoms with van der Waals surface area (Å²) in [5.74, 6) is 2.67. The second-order valence-corrected chi connectivity index (χ2v) is 7.57. The van der Waals surface area contributed by atoms with Gasteiger partial charge in [-0.2, -0.15) is 0 Å². The van der Waals surface area contributed by atoms with Gasteiger partial charge in [0.25, 0.3) is 0 Å². The van der Waals surface area contributed by atoms with Crippen LogP contribution in [0.25, 0.3) is 17.2 Å². The van der Waals surface area contributed by atoms with Gasteiger partial charge in [-0.1, -0.05) is 12.1 Å². The molecule has 0 saturated carbocycles. The zero-order valence-corrected chi connectivity index (χ0v) is 16.7. The fourth-order valence-electron chi connectivity index (χ4n) is 4.36. The molecule has 0 bridgehead atoms. The monoisotopic (exact) mass is 414 g/mol. The molecule has 154 valence electrons. The number of allylic oxidation sites excluding steroid dienone is 2. The highest BCUT2D eigenvalue weighted by atomic mass is 16.5. The second-order valence-electron chi connectivity index (χ2n) is 7.57. The van der Waals surface area contributed by atoms with Gasteiger partial charge in [-0.25, -0.2) is 14.5 Å². The first-order valence-corrected chi connectivity index (χ1v) is 10.1. The fraction of sp³-hybridized carbons (Fsp3) is 0.217. The third-order valence-corrected chi connectivity index (χ3v) is 5.78. The van der Waals surface area contributed by atoms with Crippen molar-refractivity contribution in [2.75, 3.05) is 7.11 Å². The molecule has 1 atom stereocenters. The number of nitrogens with zero attached hydrogens (tertiary/aromatic N) is 4. The molecule has 8 nitrogen and oxygen atoms in total. The van der Waals surface area contributed by atoms with Gasteiger partial charge < -0.3 is 13.9 Å². The maximum atomic E-state index is 13.0. The smallest absolute Gasteiger partial charge is 0.228 e. The molecule has 0 spiro atoms. The number of hydrogen-bond donors (Lipinski definition) is 0. The van der Waals surface area contributed by atoms with E-state index < -0.39 is 0 Å². The molecule has 8 heteroatoms. The maximum Gasteiger partial charge on any atom is 0.228 e. The molecule has 4 heterocycles. The van der Waals surface area contributed by atoms with Crippen molar-refractivity contribution in [3.8, 4) is 23.2 Å². The number of carbonyl (C=O) groups excluding carboxylic acids is 1. The highest BCUT2D eigenvalue weighted by molar-refractivity contribution is 6.00. The number of carbonyl (C=O) groups is 1. The van der Waals surface area contributed by atoms with Crippen LogP contribution in [0.2, 0.25) is 0 Å². The number of aromatic nitrogens is 4. The normalized spacial score (nSPS) is 18.0. The Kier molecular flexibility index (Phi) is 3.92. The Labute approximate surface area is 177 Å². The van der Waals surface area contributed by atoms with Gasteiger partial charge in [0.1, 0.15) is 17.8 Å². The molecule has 0 radical (unpaired) electrons. The molecule has 0 amide bonds. The Hall–Kier alpha value is -3.94. The number of fused-ring (bicyclic) bond motifs is 3. The number of rotatable bonds is 3. The van der Waals surface area contributed by atoms with Gasteiger partial charge in [-0.3, -0.25) is 4.79 Å². The van der Waals surface area contributed by atoms with Crippen molar-refractivity contribution in [3.05, 3.63) is 71.4 Å². The molecule has 1 aliphatic heterocycles. The predicted molar refractivity (Wildman–Crippen MR) is 110 cm³/mol. The summed E-state index contributed by atoms with van der Waals surface area (Å²) in [6, 6.07) is 11.3. The molecule has 0 N–H and O–H groups in total. The van der Waals surface area contributed by atoms with Crippen LogP contribution in [0, 0.1) is 0 Å². The lowest BCUT2D eigenvalue weighted by molar-refractivity contribution is -0.116. The van der Waals surface area contributed by atoms with Crippen molar-refractivity contribution in [2.45, 2.75) is 25.2 Å². The zero-order chi connectivity index (χ0) is 20.9. The molecule has 0 saturated heterocycles. The molecule has 1 aromatic carbocycles. The van der Waals surface area contributed by atoms with Crippen LogP contribution in [0.3, 0.4) is 0 Å². The van der Waals surface area contributed by atoms with Crippen molar-refractivity contribution >= 4 is 11.4 Å². The molecular weight excluding hydrogens is 396 g/mol. The van der Waals surface area contributed by atoms with E-state index in [-0.39, 0.29) is 11.7 Å². The average Bonchev–Trinajstić information content (AvgIpc) is 3.48. The van der Waals surface area contributed by atoms with E-state index in [0.717, 1.165) is 23.3 Å². The van der Waals surface area contributed by atoms with E-state index in [1.165, 1.54) is 0 Å². The number of Topliss-reactive ketones (excluding diaryl/α,β-unsaturated/α-hetero) is 1. The number of ketones is 1. The summed E-state index contributed by atoms with van der Waals surface area (Å²) in [5, 5.41) is 4.51. The van der Waals surface area contributed by atoms with E-state index in [4.69, 9.17) is 18.9 Å². The first-order chi connectivity index (χ1) is 15.2. The summed E-state index contributed by atoms with van der Waals surface area (Å²) < 4.78 is 18.5. The number of furan rings is 1. The van der Waals surface area contributed by atoms with Gasteiger partial charge in [-0.15, -0.1) is 5.10 Å². The predicted octanol–water partition coefficient (Wildman–Crippen LogP) is 3.92. The summed E-state index contributed by atoms with van der Waals surface area (Å²) in [5.41, 5.74) is 2.95. The van der Waals surface area contributed by atoms with Crippen molar-refractivity contribution in [2.24, 2.45) is 0 Å². The van der Waals surface area contributed by atoms with Gasteiger partial charge >= 0.3 is 0 Å². The van der Waals surface area contributed by atoms with Crippen molar-refractivity contribution < 1.29 is 18.7 Å². The van der Waals surface area contributed by atoms with Gasteiger partial charge in [0.2, 0.25) is 11.7 Å². The lowest BCUT2D eigenvalue weighted by Crippen LogP contribution is -2.26. The van der Waals surface area contributed by atoms with Crippen LogP contribution < -0.4 is 9.47 Å². The summed E-state index contributed by atoms with van der Waals surface area (Å²) in [4.78, 5) is 22.3. The SMILES string of the molecule is COc1ccc([C@@H]2C3=C(CCCC3=O)Oc3ncn4nc(-c5ccco5)nc4c32)cc1.